The molecule has 1 heterocycles. The summed E-state index contributed by atoms with van der Waals surface area (Å²) < 4.78 is 27.8. The van der Waals surface area contributed by atoms with Crippen molar-refractivity contribution >= 4 is 22.4 Å². The van der Waals surface area contributed by atoms with Crippen molar-refractivity contribution < 1.29 is 8.42 Å². The summed E-state index contributed by atoms with van der Waals surface area (Å²) in [6.07, 6.45) is 4.37. The minimum absolute atomic E-state index is 0. The summed E-state index contributed by atoms with van der Waals surface area (Å²) in [5, 5.41) is 0. The number of nitrogens with zero attached hydrogens (tertiary/aromatic N) is 1. The summed E-state index contributed by atoms with van der Waals surface area (Å²) in [5.41, 5.74) is 9.88. The molecule has 0 unspecified atom stereocenters. The molecule has 0 bridgehead atoms. The van der Waals surface area contributed by atoms with Gasteiger partial charge in [0.05, 0.1) is 4.90 Å². The fourth-order valence-electron chi connectivity index (χ4n) is 4.06. The molecule has 0 amide bonds. The van der Waals surface area contributed by atoms with E-state index in [1.807, 2.05) is 42.5 Å². The standard InChI is InChI=1S/C20H24N2O2S.ClH/c21-20-14-22(13-19(20)16-7-2-1-3-8-16)25(23,24)18-11-10-15-6-4-5-9-17(15)12-18;/h1-3,7-8,10-12,19-20H,4-6,9,13-14,21H2;1H/t19-,20+;/m0./s1. The zero-order valence-corrected chi connectivity index (χ0v) is 16.3. The highest BCUT2D eigenvalue weighted by molar-refractivity contribution is 7.89. The molecule has 2 atom stereocenters. The number of sulfonamides is 1. The van der Waals surface area contributed by atoms with Crippen LogP contribution in [0, 0.1) is 0 Å². The highest BCUT2D eigenvalue weighted by Gasteiger charge is 2.38. The molecule has 1 aliphatic carbocycles. The van der Waals surface area contributed by atoms with E-state index in [0.29, 0.717) is 18.0 Å². The lowest BCUT2D eigenvalue weighted by atomic mass is 9.92. The van der Waals surface area contributed by atoms with Crippen molar-refractivity contribution in [2.24, 2.45) is 5.73 Å². The average molecular weight is 393 g/mol. The molecule has 26 heavy (non-hydrogen) atoms. The van der Waals surface area contributed by atoms with Crippen molar-refractivity contribution in [3.05, 3.63) is 65.2 Å². The van der Waals surface area contributed by atoms with Gasteiger partial charge in [-0.2, -0.15) is 4.31 Å². The average Bonchev–Trinajstić information content (AvgIpc) is 3.04. The SMILES string of the molecule is Cl.N[C@@H]1CN(S(=O)(=O)c2ccc3c(c2)CCCC3)C[C@H]1c1ccccc1. The van der Waals surface area contributed by atoms with Crippen LogP contribution in [0.2, 0.25) is 0 Å². The van der Waals surface area contributed by atoms with Crippen LogP contribution in [0.25, 0.3) is 0 Å². The molecule has 4 rings (SSSR count). The van der Waals surface area contributed by atoms with Gasteiger partial charge in [-0.15, -0.1) is 12.4 Å². The number of benzene rings is 2. The monoisotopic (exact) mass is 392 g/mol. The van der Waals surface area contributed by atoms with Crippen LogP contribution in [0.5, 0.6) is 0 Å². The van der Waals surface area contributed by atoms with Crippen LogP contribution in [0.15, 0.2) is 53.4 Å². The number of nitrogens with two attached hydrogens (primary N) is 1. The molecular weight excluding hydrogens is 368 g/mol. The summed E-state index contributed by atoms with van der Waals surface area (Å²) in [5.74, 6) is 0.0496. The lowest BCUT2D eigenvalue weighted by Crippen LogP contribution is -2.32. The quantitative estimate of drug-likeness (QED) is 0.872. The molecule has 2 N–H and O–H groups in total. The van der Waals surface area contributed by atoms with Gasteiger partial charge in [0.25, 0.3) is 0 Å². The molecule has 1 aliphatic heterocycles. The van der Waals surface area contributed by atoms with Gasteiger partial charge in [0, 0.05) is 25.0 Å². The highest BCUT2D eigenvalue weighted by atomic mass is 35.5. The summed E-state index contributed by atoms with van der Waals surface area (Å²) in [4.78, 5) is 0.411. The van der Waals surface area contributed by atoms with Crippen LogP contribution in [0.1, 0.15) is 35.4 Å². The van der Waals surface area contributed by atoms with Gasteiger partial charge in [-0.25, -0.2) is 8.42 Å². The van der Waals surface area contributed by atoms with E-state index in [-0.39, 0.29) is 24.4 Å². The van der Waals surface area contributed by atoms with Crippen molar-refractivity contribution in [3.63, 3.8) is 0 Å². The first-order valence-electron chi connectivity index (χ1n) is 8.98. The van der Waals surface area contributed by atoms with Crippen LogP contribution in [0.3, 0.4) is 0 Å². The van der Waals surface area contributed by atoms with E-state index in [4.69, 9.17) is 5.73 Å². The predicted octanol–water partition coefficient (Wildman–Crippen LogP) is 3.10. The maximum absolute atomic E-state index is 13.1. The molecular formula is C20H25ClN2O2S. The molecule has 0 saturated carbocycles. The van der Waals surface area contributed by atoms with Crippen LogP contribution >= 0.6 is 12.4 Å². The Labute approximate surface area is 161 Å². The van der Waals surface area contributed by atoms with Crippen molar-refractivity contribution in [3.8, 4) is 0 Å². The molecule has 1 fully saturated rings. The summed E-state index contributed by atoms with van der Waals surface area (Å²) in [6, 6.07) is 15.4. The number of halogens is 1. The second-order valence-corrected chi connectivity index (χ2v) is 9.08. The third-order valence-corrected chi connectivity index (χ3v) is 7.34. The van der Waals surface area contributed by atoms with E-state index >= 15 is 0 Å². The fourth-order valence-corrected chi connectivity index (χ4v) is 5.61. The van der Waals surface area contributed by atoms with E-state index in [1.54, 1.807) is 10.4 Å². The highest BCUT2D eigenvalue weighted by Crippen LogP contribution is 2.32. The minimum atomic E-state index is -3.49. The smallest absolute Gasteiger partial charge is 0.243 e. The summed E-state index contributed by atoms with van der Waals surface area (Å²) in [7, 11) is -3.49. The van der Waals surface area contributed by atoms with Gasteiger partial charge in [-0.1, -0.05) is 36.4 Å². The Hall–Kier alpha value is -1.40. The second-order valence-electron chi connectivity index (χ2n) is 7.14. The lowest BCUT2D eigenvalue weighted by Gasteiger charge is -2.20. The van der Waals surface area contributed by atoms with Crippen molar-refractivity contribution in [2.75, 3.05) is 13.1 Å². The van der Waals surface area contributed by atoms with Crippen molar-refractivity contribution in [1.82, 2.24) is 4.31 Å². The third kappa shape index (κ3) is 3.54. The fraction of sp³-hybridized carbons (Fsp3) is 0.400. The number of aryl methyl sites for hydroxylation is 2. The maximum Gasteiger partial charge on any atom is 0.243 e. The molecule has 2 aromatic rings. The first-order valence-corrected chi connectivity index (χ1v) is 10.4. The zero-order valence-electron chi connectivity index (χ0n) is 14.7. The molecule has 1 saturated heterocycles. The Morgan fingerprint density at radius 2 is 1.62 bits per heavy atom. The largest absolute Gasteiger partial charge is 0.326 e. The molecule has 140 valence electrons. The molecule has 6 heteroatoms. The van der Waals surface area contributed by atoms with Crippen molar-refractivity contribution in [1.29, 1.82) is 0 Å². The van der Waals surface area contributed by atoms with Crippen LogP contribution in [-0.2, 0) is 22.9 Å². The van der Waals surface area contributed by atoms with Crippen LogP contribution in [0.4, 0.5) is 0 Å². The Bertz CT molecular complexity index is 871. The molecule has 2 aliphatic rings. The Morgan fingerprint density at radius 3 is 2.35 bits per heavy atom. The number of rotatable bonds is 3. The van der Waals surface area contributed by atoms with Gasteiger partial charge in [0.2, 0.25) is 10.0 Å². The van der Waals surface area contributed by atoms with Crippen LogP contribution in [-0.4, -0.2) is 31.9 Å². The van der Waals surface area contributed by atoms with Gasteiger partial charge >= 0.3 is 0 Å². The Kier molecular flexibility index (Phi) is 5.72. The predicted molar refractivity (Wildman–Crippen MR) is 106 cm³/mol. The van der Waals surface area contributed by atoms with E-state index in [9.17, 15) is 8.42 Å². The normalized spacial score (nSPS) is 23.3. The van der Waals surface area contributed by atoms with Gasteiger partial charge in [0.15, 0.2) is 0 Å². The van der Waals surface area contributed by atoms with E-state index in [1.165, 1.54) is 17.5 Å². The number of fused-ring (bicyclic) bond motifs is 1. The number of hydrogen-bond acceptors (Lipinski definition) is 3. The van der Waals surface area contributed by atoms with E-state index < -0.39 is 10.0 Å². The third-order valence-electron chi connectivity index (χ3n) is 5.52. The van der Waals surface area contributed by atoms with Gasteiger partial charge in [0.1, 0.15) is 0 Å². The van der Waals surface area contributed by atoms with Gasteiger partial charge in [-0.3, -0.25) is 0 Å². The van der Waals surface area contributed by atoms with E-state index in [2.05, 4.69) is 0 Å². The first-order chi connectivity index (χ1) is 12.1. The maximum atomic E-state index is 13.1. The first kappa shape index (κ1) is 19.4. The Morgan fingerprint density at radius 1 is 0.923 bits per heavy atom. The second kappa shape index (κ2) is 7.69. The molecule has 0 spiro atoms. The molecule has 0 radical (unpaired) electrons. The molecule has 2 aromatic carbocycles. The van der Waals surface area contributed by atoms with Gasteiger partial charge in [-0.05, 0) is 54.5 Å². The van der Waals surface area contributed by atoms with Crippen LogP contribution < -0.4 is 5.73 Å². The Balaban J connectivity index is 0.00000196. The molecule has 4 nitrogen and oxygen atoms in total. The summed E-state index contributed by atoms with van der Waals surface area (Å²) in [6.45, 7) is 0.823. The minimum Gasteiger partial charge on any atom is -0.326 e. The zero-order chi connectivity index (χ0) is 17.4. The van der Waals surface area contributed by atoms with E-state index in [0.717, 1.165) is 24.8 Å². The van der Waals surface area contributed by atoms with Gasteiger partial charge < -0.3 is 5.73 Å². The summed E-state index contributed by atoms with van der Waals surface area (Å²) >= 11 is 0. The lowest BCUT2D eigenvalue weighted by molar-refractivity contribution is 0.470. The molecule has 0 aromatic heterocycles. The van der Waals surface area contributed by atoms with Crippen molar-refractivity contribution in [2.45, 2.75) is 42.5 Å². The number of hydrogen-bond donors (Lipinski definition) is 1. The topological polar surface area (TPSA) is 63.4 Å².